The van der Waals surface area contributed by atoms with Crippen LogP contribution in [0.5, 0.6) is 0 Å². The minimum absolute atomic E-state index is 0.0282. The van der Waals surface area contributed by atoms with Crippen LogP contribution in [-0.2, 0) is 4.79 Å². The van der Waals surface area contributed by atoms with Crippen molar-refractivity contribution in [3.8, 4) is 0 Å². The second-order valence-electron chi connectivity index (χ2n) is 3.80. The van der Waals surface area contributed by atoms with Crippen molar-refractivity contribution in [3.05, 3.63) is 0 Å². The van der Waals surface area contributed by atoms with Crippen LogP contribution >= 0.6 is 12.6 Å². The summed E-state index contributed by atoms with van der Waals surface area (Å²) in [6.45, 7) is 0.479. The summed E-state index contributed by atoms with van der Waals surface area (Å²) in [5, 5.41) is 4.92. The molecule has 0 bridgehead atoms. The smallest absolute Gasteiger partial charge is 0.321 e. The van der Waals surface area contributed by atoms with Crippen LogP contribution in [0.15, 0.2) is 0 Å². The molecule has 0 heterocycles. The van der Waals surface area contributed by atoms with Crippen LogP contribution in [-0.4, -0.2) is 24.2 Å². The van der Waals surface area contributed by atoms with Gasteiger partial charge in [0.1, 0.15) is 0 Å². The lowest BCUT2D eigenvalue weighted by molar-refractivity contribution is -0.124. The van der Waals surface area contributed by atoms with Crippen molar-refractivity contribution in [1.29, 1.82) is 0 Å². The summed E-state index contributed by atoms with van der Waals surface area (Å²) in [6.07, 6.45) is 5.21. The normalized spacial score (nSPS) is 17.1. The first kappa shape index (κ1) is 12.4. The number of amides is 3. The molecule has 1 aliphatic rings. The Bertz CT molecular complexity index is 227. The zero-order valence-corrected chi connectivity index (χ0v) is 9.69. The highest BCUT2D eigenvalue weighted by Gasteiger charge is 2.22. The first-order valence-corrected chi connectivity index (χ1v) is 6.07. The molecule has 1 aliphatic carbocycles. The Morgan fingerprint density at radius 2 is 1.87 bits per heavy atom. The molecule has 0 atom stereocenters. The van der Waals surface area contributed by atoms with Crippen molar-refractivity contribution in [3.63, 3.8) is 0 Å². The van der Waals surface area contributed by atoms with E-state index < -0.39 is 6.03 Å². The molecule has 1 saturated carbocycles. The molecule has 86 valence electrons. The van der Waals surface area contributed by atoms with Crippen LogP contribution in [0.3, 0.4) is 0 Å². The first-order valence-electron chi connectivity index (χ1n) is 5.43. The Balaban J connectivity index is 2.24. The molecule has 5 heteroatoms. The Kier molecular flexibility index (Phi) is 5.53. The van der Waals surface area contributed by atoms with Crippen molar-refractivity contribution < 1.29 is 9.59 Å². The van der Waals surface area contributed by atoms with E-state index in [-0.39, 0.29) is 11.8 Å². The fourth-order valence-electron chi connectivity index (χ4n) is 1.79. The van der Waals surface area contributed by atoms with E-state index in [0.717, 1.165) is 25.7 Å². The standard InChI is InChI=1S/C10H18N2O2S/c13-9(8-4-2-1-3-5-8)12-10(14)11-6-7-15/h8,15H,1-7H2,(H2,11,12,13,14). The number of hydrogen-bond donors (Lipinski definition) is 3. The molecule has 0 unspecified atom stereocenters. The number of urea groups is 1. The largest absolute Gasteiger partial charge is 0.337 e. The van der Waals surface area contributed by atoms with Gasteiger partial charge in [0.25, 0.3) is 0 Å². The molecule has 0 aromatic carbocycles. The number of hydrogen-bond acceptors (Lipinski definition) is 3. The molecule has 3 amide bonds. The molecule has 0 aliphatic heterocycles. The van der Waals surface area contributed by atoms with Crippen LogP contribution in [0.1, 0.15) is 32.1 Å². The lowest BCUT2D eigenvalue weighted by Crippen LogP contribution is -2.43. The van der Waals surface area contributed by atoms with Crippen molar-refractivity contribution in [2.24, 2.45) is 5.92 Å². The molecular weight excluding hydrogens is 212 g/mol. The molecule has 0 aromatic rings. The van der Waals surface area contributed by atoms with Gasteiger partial charge in [0.15, 0.2) is 0 Å². The Morgan fingerprint density at radius 3 is 2.47 bits per heavy atom. The zero-order valence-electron chi connectivity index (χ0n) is 8.79. The first-order chi connectivity index (χ1) is 7.24. The molecule has 15 heavy (non-hydrogen) atoms. The Hall–Kier alpha value is -0.710. The van der Waals surface area contributed by atoms with Gasteiger partial charge in [-0.3, -0.25) is 10.1 Å². The maximum Gasteiger partial charge on any atom is 0.321 e. The summed E-state index contributed by atoms with van der Waals surface area (Å²) < 4.78 is 0. The molecule has 0 aromatic heterocycles. The van der Waals surface area contributed by atoms with Gasteiger partial charge in [-0.1, -0.05) is 19.3 Å². The van der Waals surface area contributed by atoms with Gasteiger partial charge < -0.3 is 5.32 Å². The van der Waals surface area contributed by atoms with Gasteiger partial charge in [0.2, 0.25) is 5.91 Å². The van der Waals surface area contributed by atoms with E-state index in [1.165, 1.54) is 6.42 Å². The highest BCUT2D eigenvalue weighted by atomic mass is 32.1. The minimum Gasteiger partial charge on any atom is -0.337 e. The average molecular weight is 230 g/mol. The van der Waals surface area contributed by atoms with Crippen LogP contribution in [0.2, 0.25) is 0 Å². The molecule has 0 spiro atoms. The topological polar surface area (TPSA) is 58.2 Å². The fourth-order valence-corrected chi connectivity index (χ4v) is 1.90. The van der Waals surface area contributed by atoms with Gasteiger partial charge in [-0.2, -0.15) is 12.6 Å². The van der Waals surface area contributed by atoms with E-state index in [4.69, 9.17) is 0 Å². The molecule has 4 nitrogen and oxygen atoms in total. The van der Waals surface area contributed by atoms with E-state index in [1.54, 1.807) is 0 Å². The van der Waals surface area contributed by atoms with Gasteiger partial charge in [-0.25, -0.2) is 4.79 Å². The quantitative estimate of drug-likeness (QED) is 0.640. The van der Waals surface area contributed by atoms with Crippen molar-refractivity contribution in [2.75, 3.05) is 12.3 Å². The maximum absolute atomic E-state index is 11.6. The highest BCUT2D eigenvalue weighted by molar-refractivity contribution is 7.80. The number of carbonyl (C=O) groups excluding carboxylic acids is 2. The third-order valence-corrected chi connectivity index (χ3v) is 2.83. The van der Waals surface area contributed by atoms with Gasteiger partial charge in [0, 0.05) is 18.2 Å². The molecular formula is C10H18N2O2S. The maximum atomic E-state index is 11.6. The van der Waals surface area contributed by atoms with Crippen molar-refractivity contribution in [1.82, 2.24) is 10.6 Å². The summed E-state index contributed by atoms with van der Waals surface area (Å²) in [6, 6.07) is -0.403. The van der Waals surface area contributed by atoms with Gasteiger partial charge in [0.05, 0.1) is 0 Å². The van der Waals surface area contributed by atoms with Crippen molar-refractivity contribution in [2.45, 2.75) is 32.1 Å². The van der Waals surface area contributed by atoms with Gasteiger partial charge in [-0.15, -0.1) is 0 Å². The summed E-state index contributed by atoms with van der Waals surface area (Å²) in [7, 11) is 0. The van der Waals surface area contributed by atoms with E-state index in [2.05, 4.69) is 23.3 Å². The van der Waals surface area contributed by atoms with E-state index >= 15 is 0 Å². The summed E-state index contributed by atoms with van der Waals surface area (Å²) in [5.41, 5.74) is 0. The third kappa shape index (κ3) is 4.55. The van der Waals surface area contributed by atoms with E-state index in [9.17, 15) is 9.59 Å². The zero-order chi connectivity index (χ0) is 11.1. The average Bonchev–Trinajstić information content (AvgIpc) is 2.27. The number of carbonyl (C=O) groups is 2. The third-order valence-electron chi connectivity index (χ3n) is 2.61. The second kappa shape index (κ2) is 6.71. The van der Waals surface area contributed by atoms with Crippen molar-refractivity contribution >= 4 is 24.6 Å². The molecule has 2 N–H and O–H groups in total. The lowest BCUT2D eigenvalue weighted by Gasteiger charge is -2.20. The Labute approximate surface area is 95.6 Å². The molecule has 1 rings (SSSR count). The summed E-state index contributed by atoms with van der Waals surface area (Å²) >= 11 is 3.96. The van der Waals surface area contributed by atoms with Gasteiger partial charge in [-0.05, 0) is 12.8 Å². The molecule has 0 saturated heterocycles. The van der Waals surface area contributed by atoms with E-state index in [0.29, 0.717) is 12.3 Å². The predicted molar refractivity (Wildman–Crippen MR) is 62.0 cm³/mol. The minimum atomic E-state index is -0.403. The highest BCUT2D eigenvalue weighted by Crippen LogP contribution is 2.23. The van der Waals surface area contributed by atoms with Crippen LogP contribution in [0.25, 0.3) is 0 Å². The fraction of sp³-hybridized carbons (Fsp3) is 0.800. The van der Waals surface area contributed by atoms with Crippen LogP contribution in [0.4, 0.5) is 4.79 Å². The summed E-state index contributed by atoms with van der Waals surface area (Å²) in [4.78, 5) is 22.8. The number of rotatable bonds is 3. The van der Waals surface area contributed by atoms with Crippen LogP contribution in [0, 0.1) is 5.92 Å². The SMILES string of the molecule is O=C(NCCS)NC(=O)C1CCCCC1. The second-order valence-corrected chi connectivity index (χ2v) is 4.25. The lowest BCUT2D eigenvalue weighted by atomic mass is 9.89. The van der Waals surface area contributed by atoms with E-state index in [1.807, 2.05) is 0 Å². The van der Waals surface area contributed by atoms with Crippen LogP contribution < -0.4 is 10.6 Å². The summed E-state index contributed by atoms with van der Waals surface area (Å²) in [5.74, 6) is 0.470. The molecule has 0 radical (unpaired) electrons. The number of thiol groups is 1. The monoisotopic (exact) mass is 230 g/mol. The molecule has 1 fully saturated rings. The Morgan fingerprint density at radius 1 is 1.20 bits per heavy atom. The predicted octanol–water partition coefficient (Wildman–Crippen LogP) is 1.32. The van der Waals surface area contributed by atoms with Gasteiger partial charge >= 0.3 is 6.03 Å². The number of nitrogens with one attached hydrogen (secondary N) is 2. The number of imide groups is 1.